The van der Waals surface area contributed by atoms with E-state index in [0.717, 1.165) is 11.3 Å². The van der Waals surface area contributed by atoms with Crippen LogP contribution in [0.25, 0.3) is 0 Å². The van der Waals surface area contributed by atoms with Gasteiger partial charge in [-0.05, 0) is 29.8 Å². The van der Waals surface area contributed by atoms with Gasteiger partial charge < -0.3 is 19.6 Å². The number of nitrogens with two attached hydrogens (primary N) is 1. The molecule has 0 atom stereocenters. The van der Waals surface area contributed by atoms with Gasteiger partial charge in [-0.15, -0.1) is 10.2 Å². The predicted octanol–water partition coefficient (Wildman–Crippen LogP) is 3.01. The van der Waals surface area contributed by atoms with Gasteiger partial charge in [0.15, 0.2) is 16.7 Å². The summed E-state index contributed by atoms with van der Waals surface area (Å²) in [5.74, 6) is 2.90. The van der Waals surface area contributed by atoms with Gasteiger partial charge >= 0.3 is 0 Å². The number of fused-ring (bicyclic) bond motifs is 1. The first-order valence-corrected chi connectivity index (χ1v) is 9.90. The van der Waals surface area contributed by atoms with Crippen molar-refractivity contribution in [3.8, 4) is 11.5 Å². The normalized spacial score (nSPS) is 12.5. The van der Waals surface area contributed by atoms with Gasteiger partial charge in [0, 0.05) is 18.6 Å². The maximum atomic E-state index is 11.1. The van der Waals surface area contributed by atoms with Gasteiger partial charge in [0.2, 0.25) is 12.7 Å². The molecule has 0 saturated carbocycles. The summed E-state index contributed by atoms with van der Waals surface area (Å²) in [6.45, 7) is 0.644. The van der Waals surface area contributed by atoms with Gasteiger partial charge in [-0.2, -0.15) is 0 Å². The Labute approximate surface area is 170 Å². The molecule has 0 spiro atoms. The maximum absolute atomic E-state index is 11.1. The third-order valence-corrected chi connectivity index (χ3v) is 5.46. The second kappa shape index (κ2) is 8.15. The molecule has 0 fully saturated rings. The molecule has 28 heavy (non-hydrogen) atoms. The minimum atomic E-state index is -0.378. The maximum Gasteiger partial charge on any atom is 0.231 e. The lowest BCUT2D eigenvalue weighted by atomic mass is 10.2. The molecule has 3 aromatic rings. The quantitative estimate of drug-likeness (QED) is 0.558. The molecule has 0 bridgehead atoms. The fourth-order valence-electron chi connectivity index (χ4n) is 2.81. The Morgan fingerprint density at radius 1 is 1.32 bits per heavy atom. The molecular formula is C18H17ClN4O4S. The Balaban J connectivity index is 1.53. The standard InChI is InChI=1S/C18H17ClN4O4S/c19-13-6-11(7-14-17(13)27-10-26-14)9-28-18-22-21-16(4-3-15(20)24)23(18)8-12-2-1-5-25-12/h1-2,5-7H,3-4,8-10H2,(H2,20,24). The van der Waals surface area contributed by atoms with Gasteiger partial charge in [0.25, 0.3) is 0 Å². The van der Waals surface area contributed by atoms with Crippen molar-refractivity contribution in [1.29, 1.82) is 0 Å². The SMILES string of the molecule is NC(=O)CCc1nnc(SCc2cc(Cl)c3c(c2)OCO3)n1Cc1ccco1. The van der Waals surface area contributed by atoms with Crippen LogP contribution in [0.1, 0.15) is 23.6 Å². The highest BCUT2D eigenvalue weighted by atomic mass is 35.5. The number of ether oxygens (including phenoxy) is 2. The first-order valence-electron chi connectivity index (χ1n) is 8.53. The molecule has 0 saturated heterocycles. The summed E-state index contributed by atoms with van der Waals surface area (Å²) in [7, 11) is 0. The largest absolute Gasteiger partial charge is 0.467 e. The molecule has 2 aromatic heterocycles. The number of thioether (sulfide) groups is 1. The predicted molar refractivity (Wildman–Crippen MR) is 102 cm³/mol. The fraction of sp³-hybridized carbons (Fsp3) is 0.278. The van der Waals surface area contributed by atoms with E-state index in [-0.39, 0.29) is 19.1 Å². The molecular weight excluding hydrogens is 404 g/mol. The van der Waals surface area contributed by atoms with Crippen molar-refractivity contribution in [2.75, 3.05) is 6.79 Å². The van der Waals surface area contributed by atoms with Crippen molar-refractivity contribution in [3.05, 3.63) is 52.7 Å². The molecule has 3 heterocycles. The first-order chi connectivity index (χ1) is 13.6. The van der Waals surface area contributed by atoms with Crippen LogP contribution >= 0.6 is 23.4 Å². The highest BCUT2D eigenvalue weighted by Gasteiger charge is 2.19. The van der Waals surface area contributed by atoms with E-state index in [0.29, 0.717) is 46.2 Å². The number of rotatable bonds is 8. The number of carbonyl (C=O) groups excluding carboxylic acids is 1. The summed E-state index contributed by atoms with van der Waals surface area (Å²) in [6, 6.07) is 7.46. The van der Waals surface area contributed by atoms with E-state index < -0.39 is 0 Å². The lowest BCUT2D eigenvalue weighted by Gasteiger charge is -2.09. The summed E-state index contributed by atoms with van der Waals surface area (Å²) in [5.41, 5.74) is 6.25. The van der Waals surface area contributed by atoms with E-state index in [1.807, 2.05) is 28.8 Å². The fourth-order valence-corrected chi connectivity index (χ4v) is 3.99. The highest BCUT2D eigenvalue weighted by Crippen LogP contribution is 2.40. The number of hydrogen-bond acceptors (Lipinski definition) is 7. The van der Waals surface area contributed by atoms with Crippen LogP contribution in [0.3, 0.4) is 0 Å². The second-order valence-corrected chi connectivity index (χ2v) is 7.48. The number of nitrogens with zero attached hydrogens (tertiary/aromatic N) is 3. The van der Waals surface area contributed by atoms with Crippen LogP contribution in [0.15, 0.2) is 40.1 Å². The topological polar surface area (TPSA) is 105 Å². The first kappa shape index (κ1) is 18.7. The molecule has 4 rings (SSSR count). The van der Waals surface area contributed by atoms with Gasteiger partial charge in [-0.3, -0.25) is 9.36 Å². The van der Waals surface area contributed by atoms with Crippen molar-refractivity contribution >= 4 is 29.3 Å². The smallest absolute Gasteiger partial charge is 0.231 e. The van der Waals surface area contributed by atoms with Crippen LogP contribution in [-0.2, 0) is 23.5 Å². The van der Waals surface area contributed by atoms with Crippen LogP contribution in [0, 0.1) is 0 Å². The molecule has 8 nitrogen and oxygen atoms in total. The van der Waals surface area contributed by atoms with Gasteiger partial charge in [-0.25, -0.2) is 0 Å². The lowest BCUT2D eigenvalue weighted by Crippen LogP contribution is -2.14. The van der Waals surface area contributed by atoms with Gasteiger partial charge in [0.1, 0.15) is 11.6 Å². The summed E-state index contributed by atoms with van der Waals surface area (Å²) < 4.78 is 18.1. The molecule has 2 N–H and O–H groups in total. The number of benzene rings is 1. The van der Waals surface area contributed by atoms with Crippen LogP contribution < -0.4 is 15.2 Å². The van der Waals surface area contributed by atoms with E-state index in [9.17, 15) is 4.79 Å². The molecule has 0 unspecified atom stereocenters. The van der Waals surface area contributed by atoms with E-state index in [2.05, 4.69) is 10.2 Å². The minimum Gasteiger partial charge on any atom is -0.467 e. The Kier molecular flexibility index (Phi) is 5.45. The van der Waals surface area contributed by atoms with Crippen molar-refractivity contribution in [1.82, 2.24) is 14.8 Å². The van der Waals surface area contributed by atoms with Crippen molar-refractivity contribution < 1.29 is 18.7 Å². The van der Waals surface area contributed by atoms with Crippen molar-refractivity contribution in [2.24, 2.45) is 5.73 Å². The zero-order valence-corrected chi connectivity index (χ0v) is 16.3. The Morgan fingerprint density at radius 2 is 2.21 bits per heavy atom. The van der Waals surface area contributed by atoms with Crippen molar-refractivity contribution in [3.63, 3.8) is 0 Å². The molecule has 1 aromatic carbocycles. The van der Waals surface area contributed by atoms with E-state index in [1.165, 1.54) is 11.8 Å². The Morgan fingerprint density at radius 3 is 3.00 bits per heavy atom. The molecule has 1 amide bonds. The summed E-state index contributed by atoms with van der Waals surface area (Å²) in [6.07, 6.45) is 2.24. The number of halogens is 1. The zero-order valence-electron chi connectivity index (χ0n) is 14.8. The molecule has 1 aliphatic heterocycles. The molecule has 10 heteroatoms. The number of amides is 1. The Hall–Kier alpha value is -2.65. The van der Waals surface area contributed by atoms with E-state index in [4.69, 9.17) is 31.2 Å². The Bertz CT molecular complexity index is 990. The van der Waals surface area contributed by atoms with Gasteiger partial charge in [-0.1, -0.05) is 23.4 Å². The summed E-state index contributed by atoms with van der Waals surface area (Å²) in [5, 5.41) is 9.74. The monoisotopic (exact) mass is 420 g/mol. The molecule has 1 aliphatic rings. The summed E-state index contributed by atoms with van der Waals surface area (Å²) in [4.78, 5) is 11.1. The number of carbonyl (C=O) groups is 1. The highest BCUT2D eigenvalue weighted by molar-refractivity contribution is 7.98. The number of furan rings is 1. The van der Waals surface area contributed by atoms with Crippen LogP contribution in [0.5, 0.6) is 11.5 Å². The molecule has 146 valence electrons. The number of primary amides is 1. The van der Waals surface area contributed by atoms with E-state index in [1.54, 1.807) is 6.26 Å². The van der Waals surface area contributed by atoms with Crippen LogP contribution in [0.4, 0.5) is 0 Å². The molecule has 0 aliphatic carbocycles. The number of hydrogen-bond donors (Lipinski definition) is 1. The van der Waals surface area contributed by atoms with E-state index >= 15 is 0 Å². The number of aromatic nitrogens is 3. The van der Waals surface area contributed by atoms with Crippen LogP contribution in [-0.4, -0.2) is 27.5 Å². The zero-order chi connectivity index (χ0) is 19.5. The average Bonchev–Trinajstić information content (AvgIpc) is 3.40. The van der Waals surface area contributed by atoms with Crippen LogP contribution in [0.2, 0.25) is 5.02 Å². The third-order valence-electron chi connectivity index (χ3n) is 4.14. The summed E-state index contributed by atoms with van der Waals surface area (Å²) >= 11 is 7.76. The van der Waals surface area contributed by atoms with Gasteiger partial charge in [0.05, 0.1) is 17.8 Å². The second-order valence-electron chi connectivity index (χ2n) is 6.13. The molecule has 0 radical (unpaired) electrons. The lowest BCUT2D eigenvalue weighted by molar-refractivity contribution is -0.118. The number of aryl methyl sites for hydroxylation is 1. The third kappa shape index (κ3) is 4.10. The average molecular weight is 421 g/mol. The minimum absolute atomic E-state index is 0.173. The van der Waals surface area contributed by atoms with Crippen molar-refractivity contribution in [2.45, 2.75) is 30.3 Å².